The smallest absolute Gasteiger partial charge is 0.413 e. The average Bonchev–Trinajstić information content (AvgIpc) is 2.98. The van der Waals surface area contributed by atoms with Crippen molar-refractivity contribution >= 4 is 28.6 Å². The molecular weight excluding hydrogens is 414 g/mol. The number of methoxy groups -OCH3 is 1. The maximum Gasteiger partial charge on any atom is 0.413 e. The molecule has 0 spiro atoms. The molecule has 0 aliphatic rings. The number of hydrogen-bond donors (Lipinski definition) is 1. The van der Waals surface area contributed by atoms with Gasteiger partial charge in [0.1, 0.15) is 40.6 Å². The van der Waals surface area contributed by atoms with Gasteiger partial charge in [-0.3, -0.25) is 20.0 Å². The van der Waals surface area contributed by atoms with Crippen LogP contribution in [0.2, 0.25) is 0 Å². The third-order valence-corrected chi connectivity index (χ3v) is 4.76. The molecule has 0 unspecified atom stereocenters. The van der Waals surface area contributed by atoms with Crippen molar-refractivity contribution in [3.05, 3.63) is 51.2 Å². The van der Waals surface area contributed by atoms with E-state index in [0.29, 0.717) is 11.4 Å². The summed E-state index contributed by atoms with van der Waals surface area (Å²) in [5.41, 5.74) is 1.45. The molecule has 32 heavy (non-hydrogen) atoms. The van der Waals surface area contributed by atoms with Gasteiger partial charge in [0.15, 0.2) is 0 Å². The largest absolute Gasteiger partial charge is 0.496 e. The molecule has 0 saturated carbocycles. The van der Waals surface area contributed by atoms with E-state index in [0.717, 1.165) is 17.3 Å². The Morgan fingerprint density at radius 3 is 2.56 bits per heavy atom. The molecule has 0 bridgehead atoms. The van der Waals surface area contributed by atoms with Gasteiger partial charge in [-0.1, -0.05) is 6.07 Å². The zero-order valence-corrected chi connectivity index (χ0v) is 18.6. The Hall–Kier alpha value is -4.13. The molecule has 3 rings (SSSR count). The summed E-state index contributed by atoms with van der Waals surface area (Å²) >= 11 is 0. The lowest BCUT2D eigenvalue weighted by Crippen LogP contribution is -2.28. The Kier molecular flexibility index (Phi) is 5.77. The zero-order valence-electron chi connectivity index (χ0n) is 18.6. The van der Waals surface area contributed by atoms with E-state index in [1.165, 1.54) is 13.2 Å². The van der Waals surface area contributed by atoms with Crippen molar-refractivity contribution in [3.8, 4) is 17.5 Å². The lowest BCUT2D eigenvalue weighted by Gasteiger charge is -2.21. The van der Waals surface area contributed by atoms with Gasteiger partial charge in [-0.2, -0.15) is 5.26 Å². The zero-order chi connectivity index (χ0) is 23.8. The van der Waals surface area contributed by atoms with Crippen LogP contribution in [0.25, 0.3) is 16.7 Å². The summed E-state index contributed by atoms with van der Waals surface area (Å²) in [5, 5.41) is 24.1. The Morgan fingerprint density at radius 2 is 2.00 bits per heavy atom. The van der Waals surface area contributed by atoms with E-state index in [9.17, 15) is 20.2 Å². The predicted molar refractivity (Wildman–Crippen MR) is 118 cm³/mol. The summed E-state index contributed by atoms with van der Waals surface area (Å²) in [6.45, 7) is 8.85. The molecule has 3 aromatic rings. The van der Waals surface area contributed by atoms with Crippen molar-refractivity contribution in [2.45, 2.75) is 40.2 Å². The topological polar surface area (TPSA) is 132 Å². The van der Waals surface area contributed by atoms with E-state index in [-0.39, 0.29) is 28.1 Å². The van der Waals surface area contributed by atoms with Crippen LogP contribution < -0.4 is 10.1 Å². The normalized spacial score (nSPS) is 11.2. The number of amides is 1. The van der Waals surface area contributed by atoms with E-state index in [2.05, 4.69) is 10.3 Å². The number of hydrogen-bond acceptors (Lipinski definition) is 7. The number of anilines is 1. The van der Waals surface area contributed by atoms with Crippen LogP contribution in [0.4, 0.5) is 16.3 Å². The number of carbonyl (C=O) groups excluding carboxylic acids is 1. The minimum absolute atomic E-state index is 0.0312. The summed E-state index contributed by atoms with van der Waals surface area (Å²) in [6.07, 6.45) is 0.341. The van der Waals surface area contributed by atoms with Crippen LogP contribution in [-0.2, 0) is 4.74 Å². The maximum atomic E-state index is 12.6. The Labute approximate surface area is 184 Å². The molecule has 166 valence electrons. The molecule has 0 saturated heterocycles. The third kappa shape index (κ3) is 4.05. The first-order valence-corrected chi connectivity index (χ1v) is 9.72. The number of nitriles is 1. The summed E-state index contributed by atoms with van der Waals surface area (Å²) in [6, 6.07) is 6.96. The number of aromatic nitrogens is 2. The molecule has 0 aliphatic carbocycles. The van der Waals surface area contributed by atoms with Crippen LogP contribution in [0.15, 0.2) is 24.4 Å². The van der Waals surface area contributed by atoms with Crippen molar-refractivity contribution in [2.24, 2.45) is 0 Å². The fourth-order valence-electron chi connectivity index (χ4n) is 3.49. The van der Waals surface area contributed by atoms with Gasteiger partial charge >= 0.3 is 6.09 Å². The molecule has 2 aromatic heterocycles. The van der Waals surface area contributed by atoms with E-state index < -0.39 is 16.6 Å². The Bertz CT molecular complexity index is 1280. The van der Waals surface area contributed by atoms with Gasteiger partial charge < -0.3 is 9.47 Å². The second kappa shape index (κ2) is 8.19. The SMILES string of the molecule is COc1ccc(C)c(-n2c(NC(=O)OC(C)(C)C)c(C#N)c3cc([N+](=O)[O-])cnc32)c1C. The minimum Gasteiger partial charge on any atom is -0.496 e. The van der Waals surface area contributed by atoms with Crippen molar-refractivity contribution in [2.75, 3.05) is 12.4 Å². The highest BCUT2D eigenvalue weighted by Crippen LogP contribution is 2.38. The first-order valence-electron chi connectivity index (χ1n) is 9.72. The lowest BCUT2D eigenvalue weighted by atomic mass is 10.1. The predicted octanol–water partition coefficient (Wildman–Crippen LogP) is 4.78. The maximum absolute atomic E-state index is 12.6. The van der Waals surface area contributed by atoms with Gasteiger partial charge in [-0.05, 0) is 46.2 Å². The highest BCUT2D eigenvalue weighted by atomic mass is 16.6. The van der Waals surface area contributed by atoms with E-state index >= 15 is 0 Å². The molecule has 1 amide bonds. The van der Waals surface area contributed by atoms with Crippen molar-refractivity contribution in [3.63, 3.8) is 0 Å². The Balaban J connectivity index is 2.40. The van der Waals surface area contributed by atoms with Crippen LogP contribution in [0.3, 0.4) is 0 Å². The van der Waals surface area contributed by atoms with E-state index in [1.54, 1.807) is 25.3 Å². The molecular formula is C22H23N5O5. The Morgan fingerprint density at radius 1 is 1.31 bits per heavy atom. The number of ether oxygens (including phenoxy) is 2. The van der Waals surface area contributed by atoms with Gasteiger partial charge in [0.2, 0.25) is 0 Å². The lowest BCUT2D eigenvalue weighted by molar-refractivity contribution is -0.385. The first kappa shape index (κ1) is 22.6. The second-order valence-corrected chi connectivity index (χ2v) is 8.18. The van der Waals surface area contributed by atoms with Crippen LogP contribution in [0.5, 0.6) is 5.75 Å². The molecule has 1 aromatic carbocycles. The number of nitrogens with zero attached hydrogens (tertiary/aromatic N) is 4. The monoisotopic (exact) mass is 437 g/mol. The fourth-order valence-corrected chi connectivity index (χ4v) is 3.49. The summed E-state index contributed by atoms with van der Waals surface area (Å²) in [5.74, 6) is 0.695. The summed E-state index contributed by atoms with van der Waals surface area (Å²) < 4.78 is 12.4. The summed E-state index contributed by atoms with van der Waals surface area (Å²) in [7, 11) is 1.54. The van der Waals surface area contributed by atoms with Crippen LogP contribution >= 0.6 is 0 Å². The number of aryl methyl sites for hydroxylation is 1. The van der Waals surface area contributed by atoms with Gasteiger partial charge in [0.05, 0.1) is 17.7 Å². The average molecular weight is 437 g/mol. The molecule has 1 N–H and O–H groups in total. The molecule has 0 radical (unpaired) electrons. The fraction of sp³-hybridized carbons (Fsp3) is 0.318. The highest BCUT2D eigenvalue weighted by Gasteiger charge is 2.27. The first-order chi connectivity index (χ1) is 15.0. The van der Waals surface area contributed by atoms with Gasteiger partial charge in [0, 0.05) is 17.0 Å². The molecule has 0 aliphatic heterocycles. The van der Waals surface area contributed by atoms with Gasteiger partial charge in [-0.25, -0.2) is 9.78 Å². The van der Waals surface area contributed by atoms with Crippen molar-refractivity contribution < 1.29 is 19.2 Å². The van der Waals surface area contributed by atoms with Crippen molar-refractivity contribution in [1.82, 2.24) is 9.55 Å². The van der Waals surface area contributed by atoms with E-state index in [4.69, 9.17) is 9.47 Å². The number of nitrogens with one attached hydrogen (secondary N) is 1. The minimum atomic E-state index is -0.772. The molecule has 2 heterocycles. The van der Waals surface area contributed by atoms with E-state index in [1.807, 2.05) is 32.0 Å². The molecule has 0 fully saturated rings. The van der Waals surface area contributed by atoms with Gasteiger partial charge in [-0.15, -0.1) is 0 Å². The number of nitro groups is 1. The van der Waals surface area contributed by atoms with Crippen LogP contribution in [0, 0.1) is 35.3 Å². The van der Waals surface area contributed by atoms with Crippen LogP contribution in [0.1, 0.15) is 37.5 Å². The molecule has 0 atom stereocenters. The number of pyridine rings is 1. The van der Waals surface area contributed by atoms with Gasteiger partial charge in [0.25, 0.3) is 5.69 Å². The second-order valence-electron chi connectivity index (χ2n) is 8.18. The van der Waals surface area contributed by atoms with Crippen molar-refractivity contribution in [1.29, 1.82) is 5.26 Å². The molecule has 10 heteroatoms. The summed E-state index contributed by atoms with van der Waals surface area (Å²) in [4.78, 5) is 27.6. The molecule has 10 nitrogen and oxygen atoms in total. The number of benzene rings is 1. The number of fused-ring (bicyclic) bond motifs is 1. The quantitative estimate of drug-likeness (QED) is 0.459. The highest BCUT2D eigenvalue weighted by molar-refractivity contribution is 5.98. The third-order valence-electron chi connectivity index (χ3n) is 4.76. The standard InChI is InChI=1S/C22H23N5O5/c1-12-7-8-17(31-6)13(2)18(12)26-19-15(9-14(11-24-19)27(29)30)16(10-23)20(26)25-21(28)32-22(3,4)5/h7-9,11H,1-6H3,(H,25,28). The number of carbonyl (C=O) groups is 1. The van der Waals surface area contributed by atoms with Crippen LogP contribution in [-0.4, -0.2) is 33.3 Å². The number of rotatable bonds is 4.